The number of carbonyl (C=O) groups is 2. The van der Waals surface area contributed by atoms with Crippen LogP contribution in [0.4, 0.5) is 24.5 Å². The standard InChI is InChI=1S/C28H26F3N3O3S/c1-2-15-37-23-13-11-21(12-14-23)32-26(36)24-17-25(35)34(18-19-7-4-3-5-8-19)27(38-24)33-22-10-6-9-20(16-22)28(29,30)31/h3-14,16,24H,2,15,17-18H2,1H3,(H,32,36). The molecule has 38 heavy (non-hydrogen) atoms. The van der Waals surface area contributed by atoms with Crippen molar-refractivity contribution in [2.45, 2.75) is 37.7 Å². The fourth-order valence-corrected chi connectivity index (χ4v) is 4.80. The third-order valence-corrected chi connectivity index (χ3v) is 6.80. The van der Waals surface area contributed by atoms with Crippen LogP contribution in [0.5, 0.6) is 5.75 Å². The van der Waals surface area contributed by atoms with Crippen LogP contribution in [0.2, 0.25) is 0 Å². The van der Waals surface area contributed by atoms with Gasteiger partial charge in [-0.2, -0.15) is 13.2 Å². The minimum Gasteiger partial charge on any atom is -0.494 e. The van der Waals surface area contributed by atoms with Gasteiger partial charge in [-0.3, -0.25) is 14.5 Å². The van der Waals surface area contributed by atoms with Gasteiger partial charge in [0, 0.05) is 12.1 Å². The van der Waals surface area contributed by atoms with Crippen LogP contribution in [0.15, 0.2) is 83.9 Å². The Balaban J connectivity index is 1.57. The second-order valence-corrected chi connectivity index (χ2v) is 9.75. The third-order valence-electron chi connectivity index (χ3n) is 5.61. The van der Waals surface area contributed by atoms with Gasteiger partial charge in [0.1, 0.15) is 11.0 Å². The van der Waals surface area contributed by atoms with Crippen molar-refractivity contribution in [3.63, 3.8) is 0 Å². The van der Waals surface area contributed by atoms with Crippen LogP contribution in [0, 0.1) is 0 Å². The lowest BCUT2D eigenvalue weighted by atomic mass is 10.2. The SMILES string of the molecule is CCCOc1ccc(NC(=O)C2CC(=O)N(Cc3ccccc3)C(=Nc3cccc(C(F)(F)F)c3)S2)cc1. The maximum absolute atomic E-state index is 13.3. The summed E-state index contributed by atoms with van der Waals surface area (Å²) in [6.07, 6.45) is -3.74. The molecule has 0 aromatic heterocycles. The average Bonchev–Trinajstić information content (AvgIpc) is 2.90. The normalized spacial score (nSPS) is 16.9. The van der Waals surface area contributed by atoms with Crippen molar-refractivity contribution in [1.29, 1.82) is 0 Å². The van der Waals surface area contributed by atoms with E-state index in [1.54, 1.807) is 24.3 Å². The molecule has 1 atom stereocenters. The molecule has 0 saturated carbocycles. The monoisotopic (exact) mass is 541 g/mol. The number of alkyl halides is 3. The van der Waals surface area contributed by atoms with E-state index in [1.807, 2.05) is 37.3 Å². The van der Waals surface area contributed by atoms with E-state index in [0.29, 0.717) is 18.0 Å². The molecule has 4 rings (SSSR count). The number of aliphatic imine (C=N–C) groups is 1. The summed E-state index contributed by atoms with van der Waals surface area (Å²) in [7, 11) is 0. The molecular weight excluding hydrogens is 515 g/mol. The number of amidine groups is 1. The van der Waals surface area contributed by atoms with Crippen LogP contribution in [0.25, 0.3) is 0 Å². The van der Waals surface area contributed by atoms with Crippen LogP contribution in [-0.4, -0.2) is 33.7 Å². The third kappa shape index (κ3) is 7.16. The zero-order chi connectivity index (χ0) is 27.1. The van der Waals surface area contributed by atoms with Gasteiger partial charge < -0.3 is 10.1 Å². The summed E-state index contributed by atoms with van der Waals surface area (Å²) in [6, 6.07) is 20.6. The van der Waals surface area contributed by atoms with Gasteiger partial charge in [-0.25, -0.2) is 4.99 Å². The number of anilines is 1. The molecule has 1 unspecified atom stereocenters. The summed E-state index contributed by atoms with van der Waals surface area (Å²) in [5.74, 6) is -0.0670. The van der Waals surface area contributed by atoms with E-state index in [4.69, 9.17) is 4.74 Å². The molecule has 0 radical (unpaired) electrons. The van der Waals surface area contributed by atoms with Crippen LogP contribution >= 0.6 is 11.8 Å². The number of hydrogen-bond acceptors (Lipinski definition) is 5. The summed E-state index contributed by atoms with van der Waals surface area (Å²) in [4.78, 5) is 32.1. The van der Waals surface area contributed by atoms with Gasteiger partial charge in [0.25, 0.3) is 0 Å². The van der Waals surface area contributed by atoms with Gasteiger partial charge in [0.2, 0.25) is 11.8 Å². The summed E-state index contributed by atoms with van der Waals surface area (Å²) >= 11 is 1.05. The second-order valence-electron chi connectivity index (χ2n) is 8.58. The molecule has 3 aromatic rings. The fourth-order valence-electron chi connectivity index (χ4n) is 3.70. The summed E-state index contributed by atoms with van der Waals surface area (Å²) in [5.41, 5.74) is 0.556. The van der Waals surface area contributed by atoms with Crippen molar-refractivity contribution >= 4 is 40.1 Å². The lowest BCUT2D eigenvalue weighted by Crippen LogP contribution is -2.44. The molecule has 10 heteroatoms. The maximum Gasteiger partial charge on any atom is 0.416 e. The Hall–Kier alpha value is -3.79. The number of thioether (sulfide) groups is 1. The van der Waals surface area contributed by atoms with Crippen molar-refractivity contribution in [3.05, 3.63) is 90.0 Å². The largest absolute Gasteiger partial charge is 0.494 e. The Morgan fingerprint density at radius 1 is 1.08 bits per heavy atom. The first-order valence-electron chi connectivity index (χ1n) is 12.0. The fraction of sp³-hybridized carbons (Fsp3) is 0.250. The lowest BCUT2D eigenvalue weighted by molar-refractivity contribution is -0.137. The van der Waals surface area contributed by atoms with Crippen molar-refractivity contribution < 1.29 is 27.5 Å². The van der Waals surface area contributed by atoms with Crippen LogP contribution < -0.4 is 10.1 Å². The number of hydrogen-bond donors (Lipinski definition) is 1. The maximum atomic E-state index is 13.3. The Morgan fingerprint density at radius 3 is 2.50 bits per heavy atom. The molecule has 1 heterocycles. The Labute approximate surface area is 222 Å². The molecule has 3 aromatic carbocycles. The van der Waals surface area contributed by atoms with E-state index in [0.717, 1.165) is 35.9 Å². The van der Waals surface area contributed by atoms with E-state index in [9.17, 15) is 22.8 Å². The Bertz CT molecular complexity index is 1300. The van der Waals surface area contributed by atoms with E-state index in [-0.39, 0.29) is 29.7 Å². The molecule has 1 saturated heterocycles. The zero-order valence-corrected chi connectivity index (χ0v) is 21.4. The number of halogens is 3. The van der Waals surface area contributed by atoms with Gasteiger partial charge >= 0.3 is 6.18 Å². The number of amides is 2. The zero-order valence-electron chi connectivity index (χ0n) is 20.6. The molecule has 198 valence electrons. The van der Waals surface area contributed by atoms with E-state index in [1.165, 1.54) is 17.0 Å². The molecule has 1 N–H and O–H groups in total. The summed E-state index contributed by atoms with van der Waals surface area (Å²) in [5, 5.41) is 2.15. The van der Waals surface area contributed by atoms with Crippen LogP contribution in [0.1, 0.15) is 30.9 Å². The van der Waals surface area contributed by atoms with Crippen molar-refractivity contribution in [2.75, 3.05) is 11.9 Å². The predicted molar refractivity (Wildman–Crippen MR) is 142 cm³/mol. The molecule has 1 aliphatic heterocycles. The number of ether oxygens (including phenoxy) is 1. The van der Waals surface area contributed by atoms with E-state index < -0.39 is 22.9 Å². The smallest absolute Gasteiger partial charge is 0.416 e. The number of nitrogens with one attached hydrogen (secondary N) is 1. The predicted octanol–water partition coefficient (Wildman–Crippen LogP) is 6.65. The highest BCUT2D eigenvalue weighted by Gasteiger charge is 2.36. The van der Waals surface area contributed by atoms with E-state index in [2.05, 4.69) is 10.3 Å². The first-order valence-corrected chi connectivity index (χ1v) is 12.9. The number of rotatable bonds is 8. The molecule has 1 fully saturated rings. The molecular formula is C28H26F3N3O3S. The van der Waals surface area contributed by atoms with Gasteiger partial charge in [0.05, 0.1) is 24.4 Å². The molecule has 0 bridgehead atoms. The minimum atomic E-state index is -4.53. The van der Waals surface area contributed by atoms with Crippen molar-refractivity contribution in [2.24, 2.45) is 4.99 Å². The highest BCUT2D eigenvalue weighted by Crippen LogP contribution is 2.34. The number of benzene rings is 3. The molecule has 1 aliphatic rings. The average molecular weight is 542 g/mol. The highest BCUT2D eigenvalue weighted by atomic mass is 32.2. The van der Waals surface area contributed by atoms with Gasteiger partial charge in [-0.1, -0.05) is 55.1 Å². The molecule has 6 nitrogen and oxygen atoms in total. The van der Waals surface area contributed by atoms with Crippen LogP contribution in [-0.2, 0) is 22.3 Å². The lowest BCUT2D eigenvalue weighted by Gasteiger charge is -2.32. The summed E-state index contributed by atoms with van der Waals surface area (Å²) in [6.45, 7) is 2.77. The number of nitrogens with zero attached hydrogens (tertiary/aromatic N) is 2. The van der Waals surface area contributed by atoms with Gasteiger partial charge in [-0.15, -0.1) is 0 Å². The minimum absolute atomic E-state index is 0.0388. The van der Waals surface area contributed by atoms with Crippen molar-refractivity contribution in [1.82, 2.24) is 4.90 Å². The van der Waals surface area contributed by atoms with E-state index >= 15 is 0 Å². The van der Waals surface area contributed by atoms with Crippen molar-refractivity contribution in [3.8, 4) is 5.75 Å². The van der Waals surface area contributed by atoms with Gasteiger partial charge in [0.15, 0.2) is 5.17 Å². The molecule has 2 amide bonds. The summed E-state index contributed by atoms with van der Waals surface area (Å²) < 4.78 is 45.3. The Morgan fingerprint density at radius 2 is 1.82 bits per heavy atom. The number of carbonyl (C=O) groups excluding carboxylic acids is 2. The molecule has 0 spiro atoms. The van der Waals surface area contributed by atoms with Gasteiger partial charge in [-0.05, 0) is 54.4 Å². The second kappa shape index (κ2) is 12.2. The topological polar surface area (TPSA) is 71.0 Å². The molecule has 0 aliphatic carbocycles. The highest BCUT2D eigenvalue weighted by molar-refractivity contribution is 8.15. The van der Waals surface area contributed by atoms with Crippen LogP contribution in [0.3, 0.4) is 0 Å². The first kappa shape index (κ1) is 27.3. The quantitative estimate of drug-likeness (QED) is 0.347. The first-order chi connectivity index (χ1) is 18.2. The Kier molecular flexibility index (Phi) is 8.73.